The first-order chi connectivity index (χ1) is 10.5. The average molecular weight is 299 g/mol. The Balaban J connectivity index is 1.90. The molecule has 2 aromatic carbocycles. The zero-order chi connectivity index (χ0) is 15.9. The van der Waals surface area contributed by atoms with E-state index < -0.39 is 12.0 Å². The first-order valence-corrected chi connectivity index (χ1v) is 7.28. The largest absolute Gasteiger partial charge is 0.489 e. The van der Waals surface area contributed by atoms with E-state index in [1.165, 1.54) is 5.56 Å². The standard InChI is InChI=1S/C18H21NO3/c1-13-6-8-15(9-7-13)12-22-17-5-3-4-16(10-17)11-19-14(2)18(20)21/h3-10,14,19H,11-12H2,1-2H3,(H,20,21)/t14-/m0/s1. The summed E-state index contributed by atoms with van der Waals surface area (Å²) in [6, 6.07) is 15.3. The molecule has 0 unspecified atom stereocenters. The van der Waals surface area contributed by atoms with Crippen molar-refractivity contribution in [2.24, 2.45) is 0 Å². The number of benzene rings is 2. The van der Waals surface area contributed by atoms with Crippen LogP contribution in [0.2, 0.25) is 0 Å². The first kappa shape index (κ1) is 16.0. The Morgan fingerprint density at radius 3 is 2.59 bits per heavy atom. The molecule has 1 atom stereocenters. The molecule has 0 aliphatic rings. The van der Waals surface area contributed by atoms with Crippen LogP contribution in [0.5, 0.6) is 5.75 Å². The Bertz CT molecular complexity index is 622. The number of carboxylic acid groups (broad SMARTS) is 1. The molecule has 2 N–H and O–H groups in total. The van der Waals surface area contributed by atoms with Gasteiger partial charge < -0.3 is 15.2 Å². The summed E-state index contributed by atoms with van der Waals surface area (Å²) in [7, 11) is 0. The number of ether oxygens (including phenoxy) is 1. The van der Waals surface area contributed by atoms with E-state index in [0.29, 0.717) is 13.2 Å². The molecule has 0 bridgehead atoms. The minimum absolute atomic E-state index is 0.495. The molecular formula is C18H21NO3. The van der Waals surface area contributed by atoms with Gasteiger partial charge in [-0.2, -0.15) is 0 Å². The smallest absolute Gasteiger partial charge is 0.320 e. The molecule has 0 saturated heterocycles. The first-order valence-electron chi connectivity index (χ1n) is 7.28. The minimum Gasteiger partial charge on any atom is -0.489 e. The molecule has 0 heterocycles. The highest BCUT2D eigenvalue weighted by molar-refractivity contribution is 5.72. The highest BCUT2D eigenvalue weighted by Crippen LogP contribution is 2.15. The fourth-order valence-electron chi connectivity index (χ4n) is 1.95. The molecule has 116 valence electrons. The number of nitrogens with one attached hydrogen (secondary N) is 1. The van der Waals surface area contributed by atoms with Crippen molar-refractivity contribution in [2.45, 2.75) is 33.0 Å². The Kier molecular flexibility index (Phi) is 5.55. The van der Waals surface area contributed by atoms with E-state index in [1.807, 2.05) is 24.3 Å². The van der Waals surface area contributed by atoms with Crippen LogP contribution >= 0.6 is 0 Å². The normalized spacial score (nSPS) is 11.9. The molecule has 0 amide bonds. The lowest BCUT2D eigenvalue weighted by Gasteiger charge is -2.11. The number of aliphatic carboxylic acids is 1. The Hall–Kier alpha value is -2.33. The van der Waals surface area contributed by atoms with Gasteiger partial charge in [0.25, 0.3) is 0 Å². The van der Waals surface area contributed by atoms with Gasteiger partial charge in [-0.3, -0.25) is 4.79 Å². The summed E-state index contributed by atoms with van der Waals surface area (Å²) in [6.45, 7) is 4.69. The second-order valence-electron chi connectivity index (χ2n) is 5.36. The lowest BCUT2D eigenvalue weighted by Crippen LogP contribution is -2.33. The van der Waals surface area contributed by atoms with Crippen LogP contribution in [-0.4, -0.2) is 17.1 Å². The van der Waals surface area contributed by atoms with Crippen LogP contribution < -0.4 is 10.1 Å². The molecule has 0 radical (unpaired) electrons. The van der Waals surface area contributed by atoms with Crippen molar-refractivity contribution < 1.29 is 14.6 Å². The fourth-order valence-corrected chi connectivity index (χ4v) is 1.95. The van der Waals surface area contributed by atoms with Gasteiger partial charge in [0.1, 0.15) is 18.4 Å². The lowest BCUT2D eigenvalue weighted by molar-refractivity contribution is -0.139. The highest BCUT2D eigenvalue weighted by atomic mass is 16.5. The lowest BCUT2D eigenvalue weighted by atomic mass is 10.1. The minimum atomic E-state index is -0.855. The van der Waals surface area contributed by atoms with E-state index in [4.69, 9.17) is 9.84 Å². The van der Waals surface area contributed by atoms with Crippen LogP contribution in [0, 0.1) is 6.92 Å². The van der Waals surface area contributed by atoms with Crippen molar-refractivity contribution in [3.63, 3.8) is 0 Å². The second kappa shape index (κ2) is 7.61. The molecule has 2 aromatic rings. The van der Waals surface area contributed by atoms with Crippen molar-refractivity contribution in [1.29, 1.82) is 0 Å². The van der Waals surface area contributed by atoms with Gasteiger partial charge in [0.2, 0.25) is 0 Å². The number of carbonyl (C=O) groups is 1. The van der Waals surface area contributed by atoms with Crippen LogP contribution in [0.3, 0.4) is 0 Å². The van der Waals surface area contributed by atoms with Crippen molar-refractivity contribution in [1.82, 2.24) is 5.32 Å². The maximum atomic E-state index is 10.8. The summed E-state index contributed by atoms with van der Waals surface area (Å²) in [6.07, 6.45) is 0. The maximum absolute atomic E-state index is 10.8. The zero-order valence-corrected chi connectivity index (χ0v) is 12.9. The van der Waals surface area contributed by atoms with Gasteiger partial charge in [0, 0.05) is 6.54 Å². The van der Waals surface area contributed by atoms with Gasteiger partial charge >= 0.3 is 5.97 Å². The predicted octanol–water partition coefficient (Wildman–Crippen LogP) is 3.14. The van der Waals surface area contributed by atoms with Crippen molar-refractivity contribution in [2.75, 3.05) is 0 Å². The number of aryl methyl sites for hydroxylation is 1. The van der Waals surface area contributed by atoms with Crippen molar-refractivity contribution in [3.8, 4) is 5.75 Å². The van der Waals surface area contributed by atoms with Crippen LogP contribution in [0.1, 0.15) is 23.6 Å². The maximum Gasteiger partial charge on any atom is 0.320 e. The van der Waals surface area contributed by atoms with Crippen molar-refractivity contribution >= 4 is 5.97 Å². The SMILES string of the molecule is Cc1ccc(COc2cccc(CN[C@@H](C)C(=O)O)c2)cc1. The molecule has 0 fully saturated rings. The zero-order valence-electron chi connectivity index (χ0n) is 12.9. The summed E-state index contributed by atoms with van der Waals surface area (Å²) in [4.78, 5) is 10.8. The molecule has 4 nitrogen and oxygen atoms in total. The van der Waals surface area contributed by atoms with E-state index in [1.54, 1.807) is 6.92 Å². The number of hydrogen-bond acceptors (Lipinski definition) is 3. The van der Waals surface area contributed by atoms with E-state index in [-0.39, 0.29) is 0 Å². The van der Waals surface area contributed by atoms with Crippen LogP contribution in [0.4, 0.5) is 0 Å². The predicted molar refractivity (Wildman–Crippen MR) is 85.9 cm³/mol. The fraction of sp³-hybridized carbons (Fsp3) is 0.278. The molecule has 2 rings (SSSR count). The van der Waals surface area contributed by atoms with Gasteiger partial charge in [-0.25, -0.2) is 0 Å². The highest BCUT2D eigenvalue weighted by Gasteiger charge is 2.09. The molecule has 0 spiro atoms. The van der Waals surface area contributed by atoms with Gasteiger partial charge in [-0.1, -0.05) is 42.0 Å². The summed E-state index contributed by atoms with van der Waals surface area (Å²) < 4.78 is 5.78. The van der Waals surface area contributed by atoms with E-state index in [9.17, 15) is 4.79 Å². The summed E-state index contributed by atoms with van der Waals surface area (Å²) in [5.74, 6) is -0.0744. The van der Waals surface area contributed by atoms with Gasteiger partial charge in [-0.05, 0) is 37.1 Å². The quantitative estimate of drug-likeness (QED) is 0.824. The average Bonchev–Trinajstić information content (AvgIpc) is 2.52. The molecule has 4 heteroatoms. The van der Waals surface area contributed by atoms with E-state index >= 15 is 0 Å². The second-order valence-corrected chi connectivity index (χ2v) is 5.36. The van der Waals surface area contributed by atoms with Crippen molar-refractivity contribution in [3.05, 3.63) is 65.2 Å². The summed E-state index contributed by atoms with van der Waals surface area (Å²) >= 11 is 0. The Labute approximate surface area is 130 Å². The number of carboxylic acids is 1. The summed E-state index contributed by atoms with van der Waals surface area (Å²) in [5.41, 5.74) is 3.34. The molecular weight excluding hydrogens is 278 g/mol. The summed E-state index contributed by atoms with van der Waals surface area (Å²) in [5, 5.41) is 11.8. The van der Waals surface area contributed by atoms with E-state index in [0.717, 1.165) is 16.9 Å². The third-order valence-corrected chi connectivity index (χ3v) is 3.41. The Morgan fingerprint density at radius 2 is 1.91 bits per heavy atom. The topological polar surface area (TPSA) is 58.6 Å². The number of rotatable bonds is 7. The number of hydrogen-bond donors (Lipinski definition) is 2. The third kappa shape index (κ3) is 4.90. The molecule has 0 aromatic heterocycles. The molecule has 0 aliphatic carbocycles. The Morgan fingerprint density at radius 1 is 1.18 bits per heavy atom. The van der Waals surface area contributed by atoms with E-state index in [2.05, 4.69) is 36.5 Å². The molecule has 0 aliphatic heterocycles. The van der Waals surface area contributed by atoms with Crippen LogP contribution in [0.25, 0.3) is 0 Å². The van der Waals surface area contributed by atoms with Gasteiger partial charge in [0.05, 0.1) is 0 Å². The van der Waals surface area contributed by atoms with Gasteiger partial charge in [0.15, 0.2) is 0 Å². The van der Waals surface area contributed by atoms with Gasteiger partial charge in [-0.15, -0.1) is 0 Å². The van der Waals surface area contributed by atoms with Crippen LogP contribution in [-0.2, 0) is 17.9 Å². The molecule has 0 saturated carbocycles. The molecule has 22 heavy (non-hydrogen) atoms. The van der Waals surface area contributed by atoms with Crippen LogP contribution in [0.15, 0.2) is 48.5 Å². The third-order valence-electron chi connectivity index (χ3n) is 3.41. The monoisotopic (exact) mass is 299 g/mol.